The fourth-order valence-corrected chi connectivity index (χ4v) is 2.00. The van der Waals surface area contributed by atoms with Crippen molar-refractivity contribution in [2.24, 2.45) is 0 Å². The molecule has 0 amide bonds. The quantitative estimate of drug-likeness (QED) is 0.669. The molecule has 100 valence electrons. The van der Waals surface area contributed by atoms with Crippen LogP contribution < -0.4 is 4.74 Å². The molecular formula is C12H13F3O3. The number of alkyl halides is 3. The second kappa shape index (κ2) is 5.16. The third kappa shape index (κ3) is 3.14. The summed E-state index contributed by atoms with van der Waals surface area (Å²) < 4.78 is 45.1. The van der Waals surface area contributed by atoms with E-state index in [1.165, 1.54) is 0 Å². The maximum Gasteiger partial charge on any atom is 0.411 e. The summed E-state index contributed by atoms with van der Waals surface area (Å²) in [5.74, 6) is 0.478. The Morgan fingerprint density at radius 3 is 2.83 bits per heavy atom. The summed E-state index contributed by atoms with van der Waals surface area (Å²) in [6.45, 7) is -1.78. The summed E-state index contributed by atoms with van der Waals surface area (Å²) in [4.78, 5) is 0. The largest absolute Gasteiger partial charge is 0.467 e. The van der Waals surface area contributed by atoms with E-state index in [0.717, 1.165) is 11.1 Å². The van der Waals surface area contributed by atoms with Gasteiger partial charge in [-0.05, 0) is 24.5 Å². The number of rotatable bonds is 4. The van der Waals surface area contributed by atoms with Crippen LogP contribution in [-0.4, -0.2) is 24.7 Å². The van der Waals surface area contributed by atoms with Gasteiger partial charge in [0.15, 0.2) is 6.79 Å². The van der Waals surface area contributed by atoms with Crippen molar-refractivity contribution in [3.8, 4) is 5.75 Å². The molecule has 1 aromatic rings. The summed E-state index contributed by atoms with van der Waals surface area (Å²) in [6, 6.07) is 5.15. The normalized spacial score (nSPS) is 18.8. The van der Waals surface area contributed by atoms with Gasteiger partial charge in [-0.3, -0.25) is 0 Å². The van der Waals surface area contributed by atoms with Gasteiger partial charge in [0.1, 0.15) is 12.4 Å². The van der Waals surface area contributed by atoms with Crippen LogP contribution in [0.2, 0.25) is 0 Å². The van der Waals surface area contributed by atoms with E-state index >= 15 is 0 Å². The minimum absolute atomic E-state index is 0.452. The maximum atomic E-state index is 11.8. The van der Waals surface area contributed by atoms with Crippen molar-refractivity contribution in [2.75, 3.05) is 13.4 Å². The van der Waals surface area contributed by atoms with Crippen molar-refractivity contribution >= 4 is 0 Å². The Morgan fingerprint density at radius 2 is 2.11 bits per heavy atom. The van der Waals surface area contributed by atoms with E-state index in [9.17, 15) is 18.3 Å². The highest BCUT2D eigenvalue weighted by atomic mass is 19.4. The van der Waals surface area contributed by atoms with Crippen LogP contribution in [0.4, 0.5) is 13.2 Å². The molecule has 0 saturated carbocycles. The van der Waals surface area contributed by atoms with Gasteiger partial charge >= 0.3 is 6.18 Å². The molecule has 0 saturated heterocycles. The number of aliphatic hydroxyl groups excluding tert-OH is 1. The van der Waals surface area contributed by atoms with Crippen molar-refractivity contribution < 1.29 is 27.8 Å². The zero-order chi connectivity index (χ0) is 13.2. The van der Waals surface area contributed by atoms with E-state index in [1.807, 2.05) is 0 Å². The molecule has 1 unspecified atom stereocenters. The Bertz CT molecular complexity index is 418. The van der Waals surface area contributed by atoms with Gasteiger partial charge in [0.25, 0.3) is 0 Å². The first kappa shape index (κ1) is 13.2. The average Bonchev–Trinajstić information content (AvgIpc) is 2.67. The summed E-state index contributed by atoms with van der Waals surface area (Å²) in [7, 11) is 0. The third-order valence-electron chi connectivity index (χ3n) is 2.76. The maximum absolute atomic E-state index is 11.8. The fraction of sp³-hybridized carbons (Fsp3) is 0.500. The highest BCUT2D eigenvalue weighted by Gasteiger charge is 2.28. The summed E-state index contributed by atoms with van der Waals surface area (Å²) in [5.41, 5.74) is 1.63. The lowest BCUT2D eigenvalue weighted by Crippen LogP contribution is -2.19. The minimum atomic E-state index is -4.35. The van der Waals surface area contributed by atoms with Crippen LogP contribution in [0, 0.1) is 0 Å². The Hall–Kier alpha value is -1.27. The molecule has 0 heterocycles. The predicted octanol–water partition coefficient (Wildman–Crippen LogP) is 2.58. The molecule has 1 aliphatic carbocycles. The molecule has 2 rings (SSSR count). The highest BCUT2D eigenvalue weighted by molar-refractivity contribution is 5.44. The molecule has 0 aliphatic heterocycles. The molecule has 0 radical (unpaired) electrons. The van der Waals surface area contributed by atoms with E-state index < -0.39 is 25.7 Å². The van der Waals surface area contributed by atoms with E-state index in [2.05, 4.69) is 4.74 Å². The van der Waals surface area contributed by atoms with Crippen molar-refractivity contribution in [1.82, 2.24) is 0 Å². The molecule has 0 aromatic heterocycles. The Balaban J connectivity index is 1.91. The number of hydrogen-bond acceptors (Lipinski definition) is 3. The van der Waals surface area contributed by atoms with Gasteiger partial charge in [-0.1, -0.05) is 12.1 Å². The first-order valence-corrected chi connectivity index (χ1v) is 5.54. The second-order valence-corrected chi connectivity index (χ2v) is 4.10. The Kier molecular flexibility index (Phi) is 3.77. The van der Waals surface area contributed by atoms with Gasteiger partial charge in [-0.25, -0.2) is 0 Å². The van der Waals surface area contributed by atoms with Crippen LogP contribution in [0.5, 0.6) is 5.75 Å². The van der Waals surface area contributed by atoms with Gasteiger partial charge in [0, 0.05) is 5.56 Å². The van der Waals surface area contributed by atoms with Crippen LogP contribution in [0.3, 0.4) is 0 Å². The van der Waals surface area contributed by atoms with Crippen LogP contribution >= 0.6 is 0 Å². The fourth-order valence-electron chi connectivity index (χ4n) is 2.00. The average molecular weight is 262 g/mol. The van der Waals surface area contributed by atoms with E-state index in [1.54, 1.807) is 18.2 Å². The van der Waals surface area contributed by atoms with Crippen LogP contribution in [-0.2, 0) is 11.2 Å². The first-order valence-electron chi connectivity index (χ1n) is 5.54. The third-order valence-corrected chi connectivity index (χ3v) is 2.76. The molecule has 3 nitrogen and oxygen atoms in total. The summed E-state index contributed by atoms with van der Waals surface area (Å²) in [6.07, 6.45) is -3.59. The molecular weight excluding hydrogens is 249 g/mol. The molecule has 0 spiro atoms. The molecule has 18 heavy (non-hydrogen) atoms. The first-order chi connectivity index (χ1) is 8.47. The number of halogens is 3. The number of fused-ring (bicyclic) bond motifs is 1. The SMILES string of the molecule is OC1CCc2c(OCOCC(F)(F)F)cccc21. The number of hydrogen-bond donors (Lipinski definition) is 1. The smallest absolute Gasteiger partial charge is 0.411 e. The minimum Gasteiger partial charge on any atom is -0.467 e. The molecule has 1 aliphatic rings. The van der Waals surface area contributed by atoms with Crippen LogP contribution in [0.25, 0.3) is 0 Å². The topological polar surface area (TPSA) is 38.7 Å². The Morgan fingerprint density at radius 1 is 1.33 bits per heavy atom. The summed E-state index contributed by atoms with van der Waals surface area (Å²) >= 11 is 0. The lowest BCUT2D eigenvalue weighted by Gasteiger charge is -2.12. The molecule has 1 N–H and O–H groups in total. The monoisotopic (exact) mass is 262 g/mol. The second-order valence-electron chi connectivity index (χ2n) is 4.10. The number of benzene rings is 1. The number of ether oxygens (including phenoxy) is 2. The molecule has 1 aromatic carbocycles. The predicted molar refractivity (Wildman–Crippen MR) is 57.2 cm³/mol. The van der Waals surface area contributed by atoms with Crippen LogP contribution in [0.1, 0.15) is 23.7 Å². The van der Waals surface area contributed by atoms with Gasteiger partial charge in [-0.2, -0.15) is 13.2 Å². The molecule has 1 atom stereocenters. The van der Waals surface area contributed by atoms with Crippen molar-refractivity contribution in [2.45, 2.75) is 25.1 Å². The lowest BCUT2D eigenvalue weighted by molar-refractivity contribution is -0.186. The zero-order valence-corrected chi connectivity index (χ0v) is 9.54. The molecule has 0 fully saturated rings. The summed E-state index contributed by atoms with van der Waals surface area (Å²) in [5, 5.41) is 9.65. The molecule has 6 heteroatoms. The number of aliphatic hydroxyl groups is 1. The van der Waals surface area contributed by atoms with Gasteiger partial charge in [0.05, 0.1) is 6.10 Å². The zero-order valence-electron chi connectivity index (χ0n) is 9.54. The van der Waals surface area contributed by atoms with Gasteiger partial charge in [-0.15, -0.1) is 0 Å². The molecule has 0 bridgehead atoms. The van der Waals surface area contributed by atoms with E-state index in [4.69, 9.17) is 4.74 Å². The van der Waals surface area contributed by atoms with Crippen molar-refractivity contribution in [3.05, 3.63) is 29.3 Å². The van der Waals surface area contributed by atoms with E-state index in [-0.39, 0.29) is 0 Å². The lowest BCUT2D eigenvalue weighted by atomic mass is 10.1. The van der Waals surface area contributed by atoms with E-state index in [0.29, 0.717) is 18.6 Å². The highest BCUT2D eigenvalue weighted by Crippen LogP contribution is 2.36. The Labute approximate surface area is 102 Å². The van der Waals surface area contributed by atoms with Crippen molar-refractivity contribution in [1.29, 1.82) is 0 Å². The van der Waals surface area contributed by atoms with Crippen LogP contribution in [0.15, 0.2) is 18.2 Å². The standard InChI is InChI=1S/C12H13F3O3/c13-12(14,15)6-17-7-18-11-3-1-2-8-9(11)4-5-10(8)16/h1-3,10,16H,4-7H2. The van der Waals surface area contributed by atoms with Gasteiger partial charge in [0.2, 0.25) is 0 Å². The van der Waals surface area contributed by atoms with Crippen molar-refractivity contribution in [3.63, 3.8) is 0 Å². The van der Waals surface area contributed by atoms with Gasteiger partial charge < -0.3 is 14.6 Å².